The van der Waals surface area contributed by atoms with Gasteiger partial charge in [-0.25, -0.2) is 4.79 Å². The summed E-state index contributed by atoms with van der Waals surface area (Å²) in [6, 6.07) is 21.4. The van der Waals surface area contributed by atoms with Gasteiger partial charge in [-0.05, 0) is 46.9 Å². The van der Waals surface area contributed by atoms with Crippen LogP contribution in [0.3, 0.4) is 0 Å². The molecule has 0 saturated carbocycles. The smallest absolute Gasteiger partial charge is 0.337 e. The lowest BCUT2D eigenvalue weighted by Crippen LogP contribution is -2.54. The molecule has 0 aliphatic carbocycles. The van der Waals surface area contributed by atoms with Crippen LogP contribution in [-0.2, 0) is 36.8 Å². The molecule has 196 valence electrons. The number of ether oxygens (including phenoxy) is 3. The molecule has 3 rings (SSSR count). The van der Waals surface area contributed by atoms with Crippen molar-refractivity contribution in [2.24, 2.45) is 0 Å². The zero-order chi connectivity index (χ0) is 26.8. The summed E-state index contributed by atoms with van der Waals surface area (Å²) in [5, 5.41) is 14.7. The van der Waals surface area contributed by atoms with E-state index in [1.165, 1.54) is 14.2 Å². The zero-order valence-electron chi connectivity index (χ0n) is 20.5. The molecule has 2 N–H and O–H groups in total. The summed E-state index contributed by atoms with van der Waals surface area (Å²) in [7, 11) is 2.58. The molecule has 0 aliphatic heterocycles. The van der Waals surface area contributed by atoms with E-state index in [0.29, 0.717) is 10.0 Å². The van der Waals surface area contributed by atoms with Gasteiger partial charge in [0.15, 0.2) is 6.10 Å². The highest BCUT2D eigenvalue weighted by atomic mass is 35.5. The van der Waals surface area contributed by atoms with Crippen molar-refractivity contribution in [2.45, 2.75) is 31.3 Å². The van der Waals surface area contributed by atoms with Gasteiger partial charge in [0, 0.05) is 17.2 Å². The number of hydrogen-bond acceptors (Lipinski definition) is 6. The second-order valence-electron chi connectivity index (χ2n) is 8.40. The van der Waals surface area contributed by atoms with Gasteiger partial charge in [-0.1, -0.05) is 77.8 Å². The van der Waals surface area contributed by atoms with Crippen LogP contribution in [0.1, 0.15) is 11.1 Å². The average Bonchev–Trinajstić information content (AvgIpc) is 2.88. The van der Waals surface area contributed by atoms with Gasteiger partial charge in [-0.15, -0.1) is 0 Å². The second kappa shape index (κ2) is 14.1. The van der Waals surface area contributed by atoms with E-state index in [1.54, 1.807) is 6.07 Å². The topological polar surface area (TPSA) is 94.1 Å². The molecule has 0 heterocycles. The summed E-state index contributed by atoms with van der Waals surface area (Å²) in [4.78, 5) is 24.8. The van der Waals surface area contributed by atoms with E-state index in [9.17, 15) is 14.7 Å². The van der Waals surface area contributed by atoms with Crippen molar-refractivity contribution in [3.63, 3.8) is 0 Å². The van der Waals surface area contributed by atoms with E-state index in [2.05, 4.69) is 5.32 Å². The molecule has 3 aromatic carbocycles. The lowest BCUT2D eigenvalue weighted by molar-refractivity contribution is -0.163. The predicted molar refractivity (Wildman–Crippen MR) is 142 cm³/mol. The highest BCUT2D eigenvalue weighted by molar-refractivity contribution is 6.35. The number of carbonyl (C=O) groups is 2. The van der Waals surface area contributed by atoms with Crippen LogP contribution in [0.15, 0.2) is 72.8 Å². The lowest BCUT2D eigenvalue weighted by Gasteiger charge is -2.31. The summed E-state index contributed by atoms with van der Waals surface area (Å²) in [6.45, 7) is -0.0740. The van der Waals surface area contributed by atoms with Gasteiger partial charge in [-0.3, -0.25) is 4.79 Å². The number of esters is 1. The maximum atomic E-state index is 12.5. The third kappa shape index (κ3) is 8.55. The molecule has 37 heavy (non-hydrogen) atoms. The molecular weight excluding hydrogens is 517 g/mol. The first kappa shape index (κ1) is 28.6. The molecule has 3 aromatic rings. The number of aliphatic hydroxyl groups excluding tert-OH is 1. The van der Waals surface area contributed by atoms with Gasteiger partial charge in [0.2, 0.25) is 5.91 Å². The number of benzene rings is 3. The number of nitrogens with one attached hydrogen (secondary N) is 1. The van der Waals surface area contributed by atoms with Crippen molar-refractivity contribution < 1.29 is 28.9 Å². The molecule has 7 nitrogen and oxygen atoms in total. The molecule has 0 aliphatic rings. The van der Waals surface area contributed by atoms with Crippen LogP contribution < -0.4 is 5.32 Å². The van der Waals surface area contributed by atoms with Crippen molar-refractivity contribution in [2.75, 3.05) is 20.8 Å². The summed E-state index contributed by atoms with van der Waals surface area (Å²) in [5.74, 6) is -1.28. The molecule has 0 aromatic heterocycles. The van der Waals surface area contributed by atoms with Crippen LogP contribution in [0.4, 0.5) is 0 Å². The number of rotatable bonds is 12. The molecule has 0 bridgehead atoms. The fraction of sp³-hybridized carbons (Fsp3) is 0.286. The highest BCUT2D eigenvalue weighted by Crippen LogP contribution is 2.28. The summed E-state index contributed by atoms with van der Waals surface area (Å²) < 4.78 is 15.7. The number of methoxy groups -OCH3 is 2. The van der Waals surface area contributed by atoms with E-state index in [0.717, 1.165) is 22.3 Å². The molecule has 9 heteroatoms. The normalized spacial score (nSPS) is 13.4. The number of carbonyl (C=O) groups excluding carboxylic acids is 2. The minimum atomic E-state index is -1.63. The third-order valence-electron chi connectivity index (χ3n) is 5.66. The fourth-order valence-electron chi connectivity index (χ4n) is 3.89. The molecule has 3 unspecified atom stereocenters. The average molecular weight is 546 g/mol. The largest absolute Gasteiger partial charge is 0.467 e. The molecule has 1 amide bonds. The van der Waals surface area contributed by atoms with Crippen LogP contribution in [0.25, 0.3) is 11.1 Å². The van der Waals surface area contributed by atoms with Gasteiger partial charge < -0.3 is 24.6 Å². The van der Waals surface area contributed by atoms with E-state index in [1.807, 2.05) is 66.7 Å². The van der Waals surface area contributed by atoms with Gasteiger partial charge >= 0.3 is 5.97 Å². The van der Waals surface area contributed by atoms with Crippen molar-refractivity contribution in [3.8, 4) is 11.1 Å². The Morgan fingerprint density at radius 1 is 0.892 bits per heavy atom. The highest BCUT2D eigenvalue weighted by Gasteiger charge is 2.36. The van der Waals surface area contributed by atoms with Gasteiger partial charge in [-0.2, -0.15) is 0 Å². The Balaban J connectivity index is 1.87. The van der Waals surface area contributed by atoms with E-state index in [4.69, 9.17) is 37.4 Å². The van der Waals surface area contributed by atoms with Crippen molar-refractivity contribution in [3.05, 3.63) is 94.0 Å². The van der Waals surface area contributed by atoms with Gasteiger partial charge in [0.1, 0.15) is 12.7 Å². The van der Waals surface area contributed by atoms with Crippen LogP contribution in [0.2, 0.25) is 10.0 Å². The Hall–Kier alpha value is -2.94. The molecule has 0 spiro atoms. The Bertz CT molecular complexity index is 1150. The Labute approximate surface area is 226 Å². The van der Waals surface area contributed by atoms with E-state index in [-0.39, 0.29) is 19.6 Å². The monoisotopic (exact) mass is 545 g/mol. The van der Waals surface area contributed by atoms with Crippen LogP contribution in [0.5, 0.6) is 0 Å². The van der Waals surface area contributed by atoms with Gasteiger partial charge in [0.25, 0.3) is 0 Å². The SMILES string of the molecule is COCC(=O)NC(Cc1ccc(-c2cc(Cl)cc(Cl)c2)cc1)C(OCc1ccccc1)C(O)C(=O)OC. The molecule has 0 radical (unpaired) electrons. The number of hydrogen-bond donors (Lipinski definition) is 2. The van der Waals surface area contributed by atoms with Crippen molar-refractivity contribution >= 4 is 35.1 Å². The maximum Gasteiger partial charge on any atom is 0.337 e. The van der Waals surface area contributed by atoms with Gasteiger partial charge in [0.05, 0.1) is 19.8 Å². The minimum absolute atomic E-state index is 0.116. The Morgan fingerprint density at radius 2 is 1.54 bits per heavy atom. The molecular formula is C28H29Cl2NO6. The number of halogens is 2. The first-order valence-corrected chi connectivity index (χ1v) is 12.3. The van der Waals surface area contributed by atoms with Crippen molar-refractivity contribution in [1.29, 1.82) is 0 Å². The predicted octanol–water partition coefficient (Wildman–Crippen LogP) is 4.45. The summed E-state index contributed by atoms with van der Waals surface area (Å²) in [5.41, 5.74) is 3.44. The Morgan fingerprint density at radius 3 is 2.14 bits per heavy atom. The summed E-state index contributed by atoms with van der Waals surface area (Å²) in [6.07, 6.45) is -2.46. The molecule has 3 atom stereocenters. The van der Waals surface area contributed by atoms with Crippen LogP contribution in [-0.4, -0.2) is 56.1 Å². The zero-order valence-corrected chi connectivity index (χ0v) is 22.0. The fourth-order valence-corrected chi connectivity index (χ4v) is 4.41. The summed E-state index contributed by atoms with van der Waals surface area (Å²) >= 11 is 12.3. The quantitative estimate of drug-likeness (QED) is 0.326. The van der Waals surface area contributed by atoms with Crippen LogP contribution >= 0.6 is 23.2 Å². The van der Waals surface area contributed by atoms with E-state index >= 15 is 0 Å². The standard InChI is InChI=1S/C28H29Cl2NO6/c1-35-17-25(32)31-24(27(26(33)28(34)36-2)37-16-19-6-4-3-5-7-19)12-18-8-10-20(11-9-18)21-13-22(29)15-23(30)14-21/h3-11,13-15,24,26-27,33H,12,16-17H2,1-2H3,(H,31,32). The Kier molecular flexibility index (Phi) is 10.9. The van der Waals surface area contributed by atoms with Crippen molar-refractivity contribution in [1.82, 2.24) is 5.32 Å². The maximum absolute atomic E-state index is 12.5. The first-order chi connectivity index (χ1) is 17.8. The third-order valence-corrected chi connectivity index (χ3v) is 6.10. The number of aliphatic hydroxyl groups is 1. The van der Waals surface area contributed by atoms with Crippen LogP contribution in [0, 0.1) is 0 Å². The number of amides is 1. The molecule has 0 fully saturated rings. The molecule has 0 saturated heterocycles. The first-order valence-electron chi connectivity index (χ1n) is 11.6. The van der Waals surface area contributed by atoms with E-state index < -0.39 is 30.1 Å². The minimum Gasteiger partial charge on any atom is -0.467 e. The lowest BCUT2D eigenvalue weighted by atomic mass is 9.95. The second-order valence-corrected chi connectivity index (χ2v) is 9.27.